The Hall–Kier alpha value is -1.36. The number of rotatable bonds is 4. The lowest BCUT2D eigenvalue weighted by Crippen LogP contribution is -2.39. The molecule has 0 fully saturated rings. The second-order valence-corrected chi connectivity index (χ2v) is 5.85. The van der Waals surface area contributed by atoms with E-state index in [0.29, 0.717) is 5.69 Å². The summed E-state index contributed by atoms with van der Waals surface area (Å²) in [4.78, 5) is 12.0. The highest BCUT2D eigenvalue weighted by Crippen LogP contribution is 2.18. The Morgan fingerprint density at radius 2 is 2.11 bits per heavy atom. The molecule has 1 amide bonds. The summed E-state index contributed by atoms with van der Waals surface area (Å²) < 4.78 is 1.67. The van der Waals surface area contributed by atoms with E-state index in [1.807, 2.05) is 34.6 Å². The molecule has 0 aliphatic carbocycles. The summed E-state index contributed by atoms with van der Waals surface area (Å²) in [6.45, 7) is 9.97. The largest absolute Gasteiger partial charge is 0.391 e. The summed E-state index contributed by atoms with van der Waals surface area (Å²) in [6.07, 6.45) is 1.03. The van der Waals surface area contributed by atoms with Crippen molar-refractivity contribution in [1.29, 1.82) is 0 Å². The summed E-state index contributed by atoms with van der Waals surface area (Å²) in [6, 6.07) is 1.81. The van der Waals surface area contributed by atoms with Gasteiger partial charge in [0.05, 0.1) is 6.10 Å². The molecule has 1 aromatic rings. The number of amides is 1. The third-order valence-electron chi connectivity index (χ3n) is 2.85. The fourth-order valence-corrected chi connectivity index (χ4v) is 1.49. The van der Waals surface area contributed by atoms with Crippen LogP contribution in [0.1, 0.15) is 51.1 Å². The highest BCUT2D eigenvalue weighted by atomic mass is 16.3. The van der Waals surface area contributed by atoms with Gasteiger partial charge in [0.15, 0.2) is 0 Å². The SMILES string of the molecule is CC(C)n1nccc1C(=O)NCC(O)C(C)(C)C. The number of hydrogen-bond acceptors (Lipinski definition) is 3. The zero-order valence-electron chi connectivity index (χ0n) is 11.8. The van der Waals surface area contributed by atoms with Crippen molar-refractivity contribution < 1.29 is 9.90 Å². The summed E-state index contributed by atoms with van der Waals surface area (Å²) in [7, 11) is 0. The van der Waals surface area contributed by atoms with Crippen LogP contribution in [0, 0.1) is 5.41 Å². The Kier molecular flexibility index (Phi) is 4.51. The minimum absolute atomic E-state index is 0.133. The highest BCUT2D eigenvalue weighted by Gasteiger charge is 2.23. The van der Waals surface area contributed by atoms with Crippen molar-refractivity contribution >= 4 is 5.91 Å². The maximum absolute atomic E-state index is 12.0. The van der Waals surface area contributed by atoms with Gasteiger partial charge >= 0.3 is 0 Å². The Morgan fingerprint density at radius 1 is 1.50 bits per heavy atom. The first-order valence-electron chi connectivity index (χ1n) is 6.23. The van der Waals surface area contributed by atoms with Gasteiger partial charge in [-0.05, 0) is 25.3 Å². The van der Waals surface area contributed by atoms with Crippen molar-refractivity contribution in [2.75, 3.05) is 6.54 Å². The quantitative estimate of drug-likeness (QED) is 0.856. The predicted molar refractivity (Wildman–Crippen MR) is 70.4 cm³/mol. The lowest BCUT2D eigenvalue weighted by atomic mass is 9.89. The molecule has 1 heterocycles. The molecule has 0 bridgehead atoms. The molecule has 0 radical (unpaired) electrons. The zero-order valence-corrected chi connectivity index (χ0v) is 11.8. The standard InChI is InChI=1S/C13H23N3O2/c1-9(2)16-10(6-7-15-16)12(18)14-8-11(17)13(3,4)5/h6-7,9,11,17H,8H2,1-5H3,(H,14,18). The zero-order chi connectivity index (χ0) is 13.9. The fraction of sp³-hybridized carbons (Fsp3) is 0.692. The van der Waals surface area contributed by atoms with Crippen LogP contribution >= 0.6 is 0 Å². The Balaban J connectivity index is 2.64. The molecule has 0 spiro atoms. The number of nitrogens with zero attached hydrogens (tertiary/aromatic N) is 2. The highest BCUT2D eigenvalue weighted by molar-refractivity contribution is 5.92. The van der Waals surface area contributed by atoms with Crippen LogP contribution in [0.15, 0.2) is 12.3 Å². The fourth-order valence-electron chi connectivity index (χ4n) is 1.49. The van der Waals surface area contributed by atoms with Gasteiger partial charge in [0.1, 0.15) is 5.69 Å². The number of carbonyl (C=O) groups excluding carboxylic acids is 1. The lowest BCUT2D eigenvalue weighted by Gasteiger charge is -2.26. The second kappa shape index (κ2) is 5.52. The summed E-state index contributed by atoms with van der Waals surface area (Å²) >= 11 is 0. The second-order valence-electron chi connectivity index (χ2n) is 5.85. The number of hydrogen-bond donors (Lipinski definition) is 2. The average Bonchev–Trinajstić information content (AvgIpc) is 2.72. The molecule has 1 rings (SSSR count). The van der Waals surface area contributed by atoms with Gasteiger partial charge in [-0.1, -0.05) is 20.8 Å². The maximum Gasteiger partial charge on any atom is 0.269 e. The Morgan fingerprint density at radius 3 is 2.61 bits per heavy atom. The Bertz CT molecular complexity index is 405. The van der Waals surface area contributed by atoms with Gasteiger partial charge in [0.2, 0.25) is 0 Å². The van der Waals surface area contributed by atoms with Gasteiger partial charge in [-0.15, -0.1) is 0 Å². The molecule has 1 unspecified atom stereocenters. The van der Waals surface area contributed by atoms with Crippen molar-refractivity contribution in [3.8, 4) is 0 Å². The van der Waals surface area contributed by atoms with Crippen LogP contribution < -0.4 is 5.32 Å². The van der Waals surface area contributed by atoms with Gasteiger partial charge in [0.25, 0.3) is 5.91 Å². The summed E-state index contributed by atoms with van der Waals surface area (Å²) in [5, 5.41) is 16.7. The van der Waals surface area contributed by atoms with Crippen molar-refractivity contribution in [3.05, 3.63) is 18.0 Å². The molecular weight excluding hydrogens is 230 g/mol. The molecule has 5 heteroatoms. The van der Waals surface area contributed by atoms with Crippen LogP contribution in [0.5, 0.6) is 0 Å². The van der Waals surface area contributed by atoms with E-state index in [1.165, 1.54) is 0 Å². The number of aromatic nitrogens is 2. The van der Waals surface area contributed by atoms with Gasteiger partial charge in [-0.25, -0.2) is 0 Å². The lowest BCUT2D eigenvalue weighted by molar-refractivity contribution is 0.0583. The molecule has 0 saturated heterocycles. The van der Waals surface area contributed by atoms with Crippen LogP contribution in [-0.4, -0.2) is 33.4 Å². The molecule has 0 aliphatic rings. The molecule has 5 nitrogen and oxygen atoms in total. The van der Waals surface area contributed by atoms with E-state index in [4.69, 9.17) is 0 Å². The van der Waals surface area contributed by atoms with E-state index >= 15 is 0 Å². The smallest absolute Gasteiger partial charge is 0.269 e. The van der Waals surface area contributed by atoms with E-state index < -0.39 is 6.10 Å². The van der Waals surface area contributed by atoms with Crippen LogP contribution in [0.25, 0.3) is 0 Å². The van der Waals surface area contributed by atoms with E-state index in [2.05, 4.69) is 10.4 Å². The molecule has 0 aromatic carbocycles. The summed E-state index contributed by atoms with van der Waals surface area (Å²) in [5.41, 5.74) is 0.275. The molecule has 18 heavy (non-hydrogen) atoms. The molecule has 2 N–H and O–H groups in total. The maximum atomic E-state index is 12.0. The predicted octanol–water partition coefficient (Wildman–Crippen LogP) is 1.60. The molecule has 1 atom stereocenters. The van der Waals surface area contributed by atoms with Gasteiger partial charge in [0, 0.05) is 18.8 Å². The minimum Gasteiger partial charge on any atom is -0.391 e. The molecular formula is C13H23N3O2. The average molecular weight is 253 g/mol. The normalized spacial score (nSPS) is 13.7. The first-order valence-corrected chi connectivity index (χ1v) is 6.23. The summed E-state index contributed by atoms with van der Waals surface area (Å²) in [5.74, 6) is -0.204. The molecule has 0 aliphatic heterocycles. The van der Waals surface area contributed by atoms with Gasteiger partial charge in [-0.2, -0.15) is 5.10 Å². The number of nitrogens with one attached hydrogen (secondary N) is 1. The van der Waals surface area contributed by atoms with Crippen molar-refractivity contribution in [2.24, 2.45) is 5.41 Å². The van der Waals surface area contributed by atoms with E-state index in [0.717, 1.165) is 0 Å². The van der Waals surface area contributed by atoms with Crippen molar-refractivity contribution in [1.82, 2.24) is 15.1 Å². The van der Waals surface area contributed by atoms with Crippen molar-refractivity contribution in [3.63, 3.8) is 0 Å². The minimum atomic E-state index is -0.572. The molecule has 1 aromatic heterocycles. The van der Waals surface area contributed by atoms with E-state index in [-0.39, 0.29) is 23.9 Å². The monoisotopic (exact) mass is 253 g/mol. The third kappa shape index (κ3) is 3.57. The van der Waals surface area contributed by atoms with Crippen LogP contribution in [0.4, 0.5) is 0 Å². The van der Waals surface area contributed by atoms with E-state index in [9.17, 15) is 9.90 Å². The first kappa shape index (κ1) is 14.7. The van der Waals surface area contributed by atoms with Gasteiger partial charge < -0.3 is 10.4 Å². The van der Waals surface area contributed by atoms with Crippen LogP contribution in [-0.2, 0) is 0 Å². The van der Waals surface area contributed by atoms with Gasteiger partial charge in [-0.3, -0.25) is 9.48 Å². The number of carbonyl (C=O) groups is 1. The van der Waals surface area contributed by atoms with Crippen LogP contribution in [0.2, 0.25) is 0 Å². The topological polar surface area (TPSA) is 67.2 Å². The van der Waals surface area contributed by atoms with E-state index in [1.54, 1.807) is 16.9 Å². The molecule has 102 valence electrons. The third-order valence-corrected chi connectivity index (χ3v) is 2.85. The molecule has 0 saturated carbocycles. The van der Waals surface area contributed by atoms with Crippen LogP contribution in [0.3, 0.4) is 0 Å². The Labute approximate surface area is 108 Å². The van der Waals surface area contributed by atoms with Crippen molar-refractivity contribution in [2.45, 2.75) is 46.8 Å². The number of aliphatic hydroxyl groups excluding tert-OH is 1. The number of aliphatic hydroxyl groups is 1. The first-order chi connectivity index (χ1) is 8.23.